The third-order valence-corrected chi connectivity index (χ3v) is 4.10. The molecule has 0 bridgehead atoms. The summed E-state index contributed by atoms with van der Waals surface area (Å²) in [6.07, 6.45) is 1.49. The van der Waals surface area contributed by atoms with Crippen LogP contribution in [0.5, 0.6) is 0 Å². The van der Waals surface area contributed by atoms with Gasteiger partial charge in [-0.3, -0.25) is 4.79 Å². The van der Waals surface area contributed by atoms with E-state index in [2.05, 4.69) is 66.3 Å². The van der Waals surface area contributed by atoms with Gasteiger partial charge in [0, 0.05) is 0 Å². The van der Waals surface area contributed by atoms with Crippen molar-refractivity contribution in [2.45, 2.75) is 39.2 Å². The number of carbonyl (C=O) groups excluding carboxylic acids is 1. The van der Waals surface area contributed by atoms with E-state index in [9.17, 15) is 4.79 Å². The first-order valence-electron chi connectivity index (χ1n) is 6.93. The molecular formula is C17H20BrNO2. The van der Waals surface area contributed by atoms with E-state index in [4.69, 9.17) is 4.42 Å². The van der Waals surface area contributed by atoms with Gasteiger partial charge >= 0.3 is 0 Å². The van der Waals surface area contributed by atoms with Crippen molar-refractivity contribution < 1.29 is 9.21 Å². The van der Waals surface area contributed by atoms with Gasteiger partial charge in [-0.1, -0.05) is 45.0 Å². The second kappa shape index (κ2) is 6.06. The molecule has 0 aliphatic rings. The number of halogens is 1. The van der Waals surface area contributed by atoms with Crippen molar-refractivity contribution in [2.24, 2.45) is 0 Å². The van der Waals surface area contributed by atoms with Crippen LogP contribution in [0, 0.1) is 0 Å². The van der Waals surface area contributed by atoms with Gasteiger partial charge in [0.2, 0.25) is 0 Å². The molecule has 1 aromatic heterocycles. The molecule has 1 atom stereocenters. The molecule has 1 N–H and O–H groups in total. The zero-order valence-corrected chi connectivity index (χ0v) is 14.3. The van der Waals surface area contributed by atoms with E-state index < -0.39 is 0 Å². The van der Waals surface area contributed by atoms with Gasteiger partial charge < -0.3 is 9.73 Å². The highest BCUT2D eigenvalue weighted by atomic mass is 79.9. The lowest BCUT2D eigenvalue weighted by Crippen LogP contribution is -2.26. The van der Waals surface area contributed by atoms with Gasteiger partial charge in [0.25, 0.3) is 5.91 Å². The molecule has 0 fully saturated rings. The highest BCUT2D eigenvalue weighted by molar-refractivity contribution is 9.10. The van der Waals surface area contributed by atoms with E-state index in [1.807, 2.05) is 6.92 Å². The topological polar surface area (TPSA) is 42.2 Å². The lowest BCUT2D eigenvalue weighted by molar-refractivity contribution is 0.0938. The maximum absolute atomic E-state index is 12.1. The zero-order valence-electron chi connectivity index (χ0n) is 12.7. The number of hydrogen-bond donors (Lipinski definition) is 1. The van der Waals surface area contributed by atoms with Gasteiger partial charge in [0.05, 0.1) is 17.9 Å². The minimum absolute atomic E-state index is 0.0617. The van der Waals surface area contributed by atoms with Crippen LogP contribution >= 0.6 is 15.9 Å². The molecule has 1 heterocycles. The summed E-state index contributed by atoms with van der Waals surface area (Å²) >= 11 is 3.22. The largest absolute Gasteiger partial charge is 0.457 e. The van der Waals surface area contributed by atoms with E-state index in [0.717, 1.165) is 5.56 Å². The lowest BCUT2D eigenvalue weighted by Gasteiger charge is -2.20. The smallest absolute Gasteiger partial charge is 0.256 e. The average molecular weight is 350 g/mol. The zero-order chi connectivity index (χ0) is 15.6. The van der Waals surface area contributed by atoms with E-state index in [1.165, 1.54) is 11.8 Å². The van der Waals surface area contributed by atoms with Gasteiger partial charge in [-0.25, -0.2) is 0 Å². The summed E-state index contributed by atoms with van der Waals surface area (Å²) < 4.78 is 5.54. The number of benzene rings is 1. The summed E-state index contributed by atoms with van der Waals surface area (Å²) in [7, 11) is 0. The summed E-state index contributed by atoms with van der Waals surface area (Å²) in [5.41, 5.74) is 3.00. The summed E-state index contributed by atoms with van der Waals surface area (Å²) in [6, 6.07) is 9.95. The number of nitrogens with one attached hydrogen (secondary N) is 1. The monoisotopic (exact) mass is 349 g/mol. The first-order chi connectivity index (χ1) is 9.79. The van der Waals surface area contributed by atoms with Crippen LogP contribution in [0.25, 0.3) is 0 Å². The van der Waals surface area contributed by atoms with E-state index >= 15 is 0 Å². The standard InChI is InChI=1S/C17H20BrNO2/c1-11(19-16(20)14-9-10-21-15(14)18)12-5-7-13(8-6-12)17(2,3)4/h5-11H,1-4H3,(H,19,20). The Morgan fingerprint density at radius 3 is 2.29 bits per heavy atom. The Labute approximate surface area is 133 Å². The quantitative estimate of drug-likeness (QED) is 0.861. The molecule has 0 spiro atoms. The molecule has 1 unspecified atom stereocenters. The first-order valence-corrected chi connectivity index (χ1v) is 7.72. The molecule has 0 radical (unpaired) electrons. The van der Waals surface area contributed by atoms with Gasteiger partial charge in [-0.2, -0.15) is 0 Å². The number of amides is 1. The molecule has 2 rings (SSSR count). The number of hydrogen-bond acceptors (Lipinski definition) is 2. The normalized spacial score (nSPS) is 13.0. The van der Waals surface area contributed by atoms with Gasteiger partial charge in [-0.05, 0) is 45.5 Å². The fraction of sp³-hybridized carbons (Fsp3) is 0.353. The van der Waals surface area contributed by atoms with Crippen LogP contribution in [0.2, 0.25) is 0 Å². The van der Waals surface area contributed by atoms with Crippen LogP contribution in [0.3, 0.4) is 0 Å². The molecule has 2 aromatic rings. The molecule has 1 aromatic carbocycles. The van der Waals surface area contributed by atoms with Crippen LogP contribution in [-0.4, -0.2) is 5.91 Å². The van der Waals surface area contributed by atoms with Crippen molar-refractivity contribution >= 4 is 21.8 Å². The minimum Gasteiger partial charge on any atom is -0.457 e. The highest BCUT2D eigenvalue weighted by Crippen LogP contribution is 2.24. The summed E-state index contributed by atoms with van der Waals surface area (Å²) in [4.78, 5) is 12.1. The Morgan fingerprint density at radius 1 is 1.19 bits per heavy atom. The Bertz CT molecular complexity index is 623. The average Bonchev–Trinajstić information content (AvgIpc) is 2.84. The minimum atomic E-state index is -0.150. The molecule has 1 amide bonds. The lowest BCUT2D eigenvalue weighted by atomic mass is 9.86. The molecule has 0 aliphatic heterocycles. The number of carbonyl (C=O) groups is 1. The van der Waals surface area contributed by atoms with Crippen LogP contribution in [0.4, 0.5) is 0 Å². The van der Waals surface area contributed by atoms with Crippen LogP contribution in [0.15, 0.2) is 45.7 Å². The first kappa shape index (κ1) is 15.8. The maximum Gasteiger partial charge on any atom is 0.256 e. The maximum atomic E-state index is 12.1. The van der Waals surface area contributed by atoms with Crippen molar-refractivity contribution in [2.75, 3.05) is 0 Å². The van der Waals surface area contributed by atoms with Crippen molar-refractivity contribution in [1.29, 1.82) is 0 Å². The Hall–Kier alpha value is -1.55. The van der Waals surface area contributed by atoms with Crippen LogP contribution in [0.1, 0.15) is 55.2 Å². The molecule has 0 saturated heterocycles. The number of furan rings is 1. The van der Waals surface area contributed by atoms with Crippen molar-refractivity contribution in [3.8, 4) is 0 Å². The van der Waals surface area contributed by atoms with E-state index in [-0.39, 0.29) is 17.4 Å². The third kappa shape index (κ3) is 3.76. The predicted molar refractivity (Wildman–Crippen MR) is 87.4 cm³/mol. The molecule has 0 saturated carbocycles. The van der Waals surface area contributed by atoms with Gasteiger partial charge in [-0.15, -0.1) is 0 Å². The Morgan fingerprint density at radius 2 is 1.81 bits per heavy atom. The summed E-state index contributed by atoms with van der Waals surface area (Å²) in [5, 5.41) is 2.97. The van der Waals surface area contributed by atoms with Gasteiger partial charge in [0.1, 0.15) is 0 Å². The fourth-order valence-electron chi connectivity index (χ4n) is 2.09. The number of rotatable bonds is 3. The SMILES string of the molecule is CC(NC(=O)c1ccoc1Br)c1ccc(C(C)(C)C)cc1. The van der Waals surface area contributed by atoms with E-state index in [1.54, 1.807) is 6.07 Å². The third-order valence-electron chi connectivity index (χ3n) is 3.49. The molecule has 21 heavy (non-hydrogen) atoms. The van der Waals surface area contributed by atoms with Crippen molar-refractivity contribution in [3.63, 3.8) is 0 Å². The molecule has 4 heteroatoms. The van der Waals surface area contributed by atoms with E-state index in [0.29, 0.717) is 10.2 Å². The second-order valence-corrected chi connectivity index (χ2v) is 6.90. The second-order valence-electron chi connectivity index (χ2n) is 6.18. The Kier molecular flexibility index (Phi) is 4.57. The van der Waals surface area contributed by atoms with Crippen LogP contribution < -0.4 is 5.32 Å². The fourth-order valence-corrected chi connectivity index (χ4v) is 2.51. The van der Waals surface area contributed by atoms with Crippen molar-refractivity contribution in [3.05, 3.63) is 58.0 Å². The summed E-state index contributed by atoms with van der Waals surface area (Å²) in [5.74, 6) is -0.150. The summed E-state index contributed by atoms with van der Waals surface area (Å²) in [6.45, 7) is 8.52. The van der Waals surface area contributed by atoms with Gasteiger partial charge in [0.15, 0.2) is 4.67 Å². The van der Waals surface area contributed by atoms with Crippen LogP contribution in [-0.2, 0) is 5.41 Å². The molecule has 112 valence electrons. The predicted octanol–water partition coefficient (Wildman–Crippen LogP) is 4.83. The molecule has 3 nitrogen and oxygen atoms in total. The molecular weight excluding hydrogens is 330 g/mol. The van der Waals surface area contributed by atoms with Crippen molar-refractivity contribution in [1.82, 2.24) is 5.32 Å². The molecule has 0 aliphatic carbocycles. The Balaban J connectivity index is 2.09. The highest BCUT2D eigenvalue weighted by Gasteiger charge is 2.17.